The topological polar surface area (TPSA) is 130 Å². The van der Waals surface area contributed by atoms with E-state index in [1.807, 2.05) is 0 Å². The second-order valence-corrected chi connectivity index (χ2v) is 12.8. The minimum atomic E-state index is -5.41. The molecule has 8 nitrogen and oxygen atoms in total. The van der Waals surface area contributed by atoms with E-state index in [2.05, 4.69) is 13.8 Å². The van der Waals surface area contributed by atoms with Crippen LogP contribution in [0.5, 0.6) is 0 Å². The van der Waals surface area contributed by atoms with E-state index in [-0.39, 0.29) is 61.4 Å². The fraction of sp³-hybridized carbons (Fsp3) is 0.938. The summed E-state index contributed by atoms with van der Waals surface area (Å²) in [4.78, 5) is 26.7. The van der Waals surface area contributed by atoms with Gasteiger partial charge in [0.25, 0.3) is 5.12 Å². The molecule has 0 radical (unpaired) electrons. The zero-order chi connectivity index (χ0) is 31.0. The maximum absolute atomic E-state index is 13.4. The minimum Gasteiger partial charge on any atom is -0.744 e. The molecular formula is C32H61NaO8S. The number of aliphatic hydroxyl groups excluding tert-OH is 1. The Morgan fingerprint density at radius 2 is 1.02 bits per heavy atom. The Hall–Kier alpha value is 0.130. The van der Waals surface area contributed by atoms with Crippen LogP contribution >= 0.6 is 0 Å². The Bertz CT molecular complexity index is 768. The van der Waals surface area contributed by atoms with Crippen LogP contribution in [-0.2, 0) is 29.2 Å². The molecule has 0 saturated carbocycles. The molecule has 0 aliphatic heterocycles. The van der Waals surface area contributed by atoms with E-state index in [4.69, 9.17) is 9.47 Å². The van der Waals surface area contributed by atoms with Crippen LogP contribution in [0.3, 0.4) is 0 Å². The molecule has 244 valence electrons. The van der Waals surface area contributed by atoms with Gasteiger partial charge in [0.1, 0.15) is 5.78 Å². The zero-order valence-electron chi connectivity index (χ0n) is 27.6. The first-order chi connectivity index (χ1) is 19.6. The van der Waals surface area contributed by atoms with Crippen LogP contribution in [0.4, 0.5) is 0 Å². The Balaban J connectivity index is 0. The van der Waals surface area contributed by atoms with Gasteiger partial charge in [0.05, 0.1) is 5.92 Å². The van der Waals surface area contributed by atoms with Gasteiger partial charge in [-0.3, -0.25) is 9.59 Å². The summed E-state index contributed by atoms with van der Waals surface area (Å²) >= 11 is 0. The summed E-state index contributed by atoms with van der Waals surface area (Å²) in [7, 11) is -5.41. The standard InChI is InChI=1S/C32H62O8S.Na/c1-5-9-11-13-15-17-19-20-22-24-26-28(29(33)27-25-23-21-18-16-14-12-10-6-2)30(34)31(35)32(39-7-3,40-8-4)41(36,37)38;/h28,31,35H,5-27H2,1-4H3,(H,36,37,38);/q;+1/p-1. The summed E-state index contributed by atoms with van der Waals surface area (Å²) in [5, 5.41) is 7.84. The van der Waals surface area contributed by atoms with E-state index < -0.39 is 33.0 Å². The van der Waals surface area contributed by atoms with Crippen molar-refractivity contribution in [2.75, 3.05) is 13.2 Å². The summed E-state index contributed by atoms with van der Waals surface area (Å²) in [6.45, 7) is 6.71. The molecule has 0 heterocycles. The predicted octanol–water partition coefficient (Wildman–Crippen LogP) is 4.61. The zero-order valence-corrected chi connectivity index (χ0v) is 30.4. The quantitative estimate of drug-likeness (QED) is 0.0401. The SMILES string of the molecule is CCCCCCCCCCCCC(C(=O)CCCCCCCCCCC)C(=O)C(O)C(OCC)(OCC)S(=O)(=O)[O-].[Na+]. The van der Waals surface area contributed by atoms with Crippen molar-refractivity contribution in [1.29, 1.82) is 0 Å². The number of rotatable bonds is 30. The van der Waals surface area contributed by atoms with Gasteiger partial charge in [-0.25, -0.2) is 8.42 Å². The maximum Gasteiger partial charge on any atom is 1.00 e. The molecule has 0 amide bonds. The molecule has 2 atom stereocenters. The van der Waals surface area contributed by atoms with Crippen LogP contribution < -0.4 is 29.6 Å². The molecule has 2 unspecified atom stereocenters. The molecule has 0 rings (SSSR count). The van der Waals surface area contributed by atoms with Crippen molar-refractivity contribution in [1.82, 2.24) is 0 Å². The van der Waals surface area contributed by atoms with Crippen molar-refractivity contribution in [3.63, 3.8) is 0 Å². The van der Waals surface area contributed by atoms with Gasteiger partial charge in [0.2, 0.25) is 0 Å². The van der Waals surface area contributed by atoms with Crippen LogP contribution in [0.15, 0.2) is 0 Å². The molecule has 0 aromatic carbocycles. The summed E-state index contributed by atoms with van der Waals surface area (Å²) < 4.78 is 46.7. The van der Waals surface area contributed by atoms with Crippen LogP contribution in [-0.4, -0.2) is 54.1 Å². The first-order valence-corrected chi connectivity index (χ1v) is 18.0. The fourth-order valence-electron chi connectivity index (χ4n) is 5.33. The van der Waals surface area contributed by atoms with Gasteiger partial charge in [-0.2, -0.15) is 0 Å². The van der Waals surface area contributed by atoms with E-state index >= 15 is 0 Å². The van der Waals surface area contributed by atoms with Gasteiger partial charge < -0.3 is 19.1 Å². The average Bonchev–Trinajstić information content (AvgIpc) is 2.93. The number of hydrogen-bond donors (Lipinski definition) is 1. The Morgan fingerprint density at radius 3 is 1.38 bits per heavy atom. The van der Waals surface area contributed by atoms with E-state index in [0.29, 0.717) is 12.8 Å². The molecule has 0 spiro atoms. The molecule has 0 saturated heterocycles. The van der Waals surface area contributed by atoms with Crippen LogP contribution in [0.1, 0.15) is 163 Å². The largest absolute Gasteiger partial charge is 1.00 e. The van der Waals surface area contributed by atoms with Crippen molar-refractivity contribution >= 4 is 21.7 Å². The summed E-state index contributed by atoms with van der Waals surface area (Å²) in [6.07, 6.45) is 18.7. The van der Waals surface area contributed by atoms with Gasteiger partial charge in [0, 0.05) is 19.6 Å². The smallest absolute Gasteiger partial charge is 0.744 e. The van der Waals surface area contributed by atoms with E-state index in [9.17, 15) is 27.7 Å². The summed E-state index contributed by atoms with van der Waals surface area (Å²) in [5.41, 5.74) is 0. The molecule has 0 fully saturated rings. The molecule has 0 aromatic rings. The van der Waals surface area contributed by atoms with Crippen LogP contribution in [0.2, 0.25) is 0 Å². The predicted molar refractivity (Wildman–Crippen MR) is 163 cm³/mol. The number of unbranched alkanes of at least 4 members (excludes halogenated alkanes) is 17. The number of ether oxygens (including phenoxy) is 2. The fourth-order valence-corrected chi connectivity index (χ4v) is 6.24. The number of hydrogen-bond acceptors (Lipinski definition) is 8. The molecule has 0 bridgehead atoms. The van der Waals surface area contributed by atoms with Crippen molar-refractivity contribution in [2.24, 2.45) is 5.92 Å². The molecule has 42 heavy (non-hydrogen) atoms. The van der Waals surface area contributed by atoms with Gasteiger partial charge in [-0.1, -0.05) is 129 Å². The third-order valence-corrected chi connectivity index (χ3v) is 8.90. The number of carbonyl (C=O) groups excluding carboxylic acids is 2. The first-order valence-electron chi connectivity index (χ1n) is 16.6. The number of ketones is 2. The Morgan fingerprint density at radius 1 is 0.667 bits per heavy atom. The van der Waals surface area contributed by atoms with E-state index in [1.54, 1.807) is 0 Å². The normalized spacial score (nSPS) is 13.5. The second-order valence-electron chi connectivity index (χ2n) is 11.3. The Labute approximate surface area is 279 Å². The van der Waals surface area contributed by atoms with E-state index in [1.165, 1.54) is 78.1 Å². The molecule has 0 aliphatic rings. The maximum atomic E-state index is 13.4. The summed E-state index contributed by atoms with van der Waals surface area (Å²) in [6, 6.07) is 0. The monoisotopic (exact) mass is 628 g/mol. The van der Waals surface area contributed by atoms with E-state index in [0.717, 1.165) is 44.9 Å². The minimum absolute atomic E-state index is 0. The number of carbonyl (C=O) groups is 2. The second kappa shape index (κ2) is 27.4. The van der Waals surface area contributed by atoms with Gasteiger partial charge >= 0.3 is 29.6 Å². The molecule has 10 heteroatoms. The van der Waals surface area contributed by atoms with Crippen molar-refractivity contribution in [2.45, 2.75) is 174 Å². The van der Waals surface area contributed by atoms with Crippen molar-refractivity contribution < 1.29 is 66.7 Å². The van der Waals surface area contributed by atoms with Crippen LogP contribution in [0.25, 0.3) is 0 Å². The van der Waals surface area contributed by atoms with Gasteiger partial charge in [0.15, 0.2) is 22.0 Å². The molecule has 1 N–H and O–H groups in total. The molecule has 0 aromatic heterocycles. The average molecular weight is 629 g/mol. The van der Waals surface area contributed by atoms with Gasteiger partial charge in [-0.15, -0.1) is 0 Å². The third-order valence-electron chi connectivity index (χ3n) is 7.75. The first kappa shape index (κ1) is 44.3. The number of aliphatic hydroxyl groups is 1. The van der Waals surface area contributed by atoms with Crippen molar-refractivity contribution in [3.8, 4) is 0 Å². The van der Waals surface area contributed by atoms with Gasteiger partial charge in [-0.05, 0) is 26.7 Å². The molecule has 0 aliphatic carbocycles. The number of Topliss-reactive ketones (excluding diaryl/α,β-unsaturated/α-hetero) is 2. The third kappa shape index (κ3) is 18.2. The summed E-state index contributed by atoms with van der Waals surface area (Å²) in [5.74, 6) is -2.53. The molecular weight excluding hydrogens is 567 g/mol. The Kier molecular flexibility index (Phi) is 28.9. The van der Waals surface area contributed by atoms with Crippen molar-refractivity contribution in [3.05, 3.63) is 0 Å². The van der Waals surface area contributed by atoms with Crippen LogP contribution in [0, 0.1) is 5.92 Å².